The number of nitrogens with one attached hydrogen (secondary N) is 1. The molecule has 0 unspecified atom stereocenters. The average Bonchev–Trinajstić information content (AvgIpc) is 2.88. The minimum atomic E-state index is 0.844. The number of nitrogens with zero attached hydrogens (tertiary/aromatic N) is 1. The van der Waals surface area contributed by atoms with Crippen LogP contribution < -0.4 is 10.1 Å². The summed E-state index contributed by atoms with van der Waals surface area (Å²) in [7, 11) is 1.67. The smallest absolute Gasteiger partial charge is 0.120 e. The molecule has 0 radical (unpaired) electrons. The van der Waals surface area contributed by atoms with Gasteiger partial charge in [0.05, 0.1) is 23.0 Å². The number of ether oxygens (including phenoxy) is 1. The maximum atomic E-state index is 5.22. The zero-order valence-corrected chi connectivity index (χ0v) is 10.7. The van der Waals surface area contributed by atoms with Gasteiger partial charge in [-0.1, -0.05) is 6.07 Å². The van der Waals surface area contributed by atoms with Gasteiger partial charge >= 0.3 is 0 Å². The Hall–Kier alpha value is -2.07. The number of rotatable bonds is 3. The molecule has 0 saturated carbocycles. The van der Waals surface area contributed by atoms with E-state index < -0.39 is 0 Å². The van der Waals surface area contributed by atoms with E-state index in [4.69, 9.17) is 4.74 Å². The molecule has 0 bridgehead atoms. The molecule has 0 saturated heterocycles. The molecule has 0 amide bonds. The Labute approximate surface area is 109 Å². The second kappa shape index (κ2) is 4.66. The Morgan fingerprint density at radius 2 is 2.17 bits per heavy atom. The maximum absolute atomic E-state index is 5.22. The summed E-state index contributed by atoms with van der Waals surface area (Å²) < 4.78 is 6.38. The standard InChI is InChI=1S/C14H12N2OS/c1-17-11-4-2-3-10(9-11)16-13-5-7-15-12-6-8-18-14(12)13/h2-9H,1H3,(H,15,16). The third kappa shape index (κ3) is 2.02. The van der Waals surface area contributed by atoms with Crippen LogP contribution in [-0.4, -0.2) is 12.1 Å². The lowest BCUT2D eigenvalue weighted by molar-refractivity contribution is 0.415. The summed E-state index contributed by atoms with van der Waals surface area (Å²) >= 11 is 1.69. The normalized spacial score (nSPS) is 10.5. The highest BCUT2D eigenvalue weighted by atomic mass is 32.1. The third-order valence-electron chi connectivity index (χ3n) is 2.69. The van der Waals surface area contributed by atoms with E-state index in [1.165, 1.54) is 4.70 Å². The van der Waals surface area contributed by atoms with Crippen LogP contribution >= 0.6 is 11.3 Å². The summed E-state index contributed by atoms with van der Waals surface area (Å²) in [6, 6.07) is 11.9. The molecule has 0 aliphatic carbocycles. The topological polar surface area (TPSA) is 34.1 Å². The maximum Gasteiger partial charge on any atom is 0.120 e. The van der Waals surface area contributed by atoms with Crippen LogP contribution in [0.2, 0.25) is 0 Å². The minimum Gasteiger partial charge on any atom is -0.497 e. The molecular formula is C14H12N2OS. The molecule has 18 heavy (non-hydrogen) atoms. The lowest BCUT2D eigenvalue weighted by atomic mass is 10.2. The van der Waals surface area contributed by atoms with E-state index >= 15 is 0 Å². The van der Waals surface area contributed by atoms with E-state index in [1.54, 1.807) is 18.4 Å². The summed E-state index contributed by atoms with van der Waals surface area (Å²) in [4.78, 5) is 4.32. The summed E-state index contributed by atoms with van der Waals surface area (Å²) in [5.74, 6) is 0.844. The molecule has 0 spiro atoms. The molecule has 2 heterocycles. The van der Waals surface area contributed by atoms with Crippen molar-refractivity contribution in [1.82, 2.24) is 4.98 Å². The number of hydrogen-bond donors (Lipinski definition) is 1. The molecule has 4 heteroatoms. The number of benzene rings is 1. The molecule has 2 aromatic heterocycles. The highest BCUT2D eigenvalue weighted by Gasteiger charge is 2.03. The fourth-order valence-electron chi connectivity index (χ4n) is 1.83. The second-order valence-corrected chi connectivity index (χ2v) is 4.77. The average molecular weight is 256 g/mol. The van der Waals surface area contributed by atoms with Crippen molar-refractivity contribution in [3.8, 4) is 5.75 Å². The molecule has 1 N–H and O–H groups in total. The lowest BCUT2D eigenvalue weighted by Gasteiger charge is -2.08. The highest BCUT2D eigenvalue weighted by Crippen LogP contribution is 2.30. The van der Waals surface area contributed by atoms with Crippen molar-refractivity contribution < 1.29 is 4.74 Å². The van der Waals surface area contributed by atoms with Crippen molar-refractivity contribution in [2.45, 2.75) is 0 Å². The first kappa shape index (κ1) is 11.0. The first-order valence-electron chi connectivity index (χ1n) is 5.60. The van der Waals surface area contributed by atoms with Crippen molar-refractivity contribution in [2.75, 3.05) is 12.4 Å². The number of anilines is 2. The highest BCUT2D eigenvalue weighted by molar-refractivity contribution is 7.17. The van der Waals surface area contributed by atoms with Gasteiger partial charge in [0.25, 0.3) is 0 Å². The molecular weight excluding hydrogens is 244 g/mol. The van der Waals surface area contributed by atoms with Crippen LogP contribution in [0.3, 0.4) is 0 Å². The van der Waals surface area contributed by atoms with E-state index in [0.29, 0.717) is 0 Å². The molecule has 3 aromatic rings. The van der Waals surface area contributed by atoms with Gasteiger partial charge in [-0.25, -0.2) is 0 Å². The number of pyridine rings is 1. The zero-order valence-electron chi connectivity index (χ0n) is 9.88. The SMILES string of the molecule is COc1cccc(Nc2ccnc3ccsc23)c1. The molecule has 90 valence electrons. The Kier molecular flexibility index (Phi) is 2.86. The number of fused-ring (bicyclic) bond motifs is 1. The lowest BCUT2D eigenvalue weighted by Crippen LogP contribution is -1.91. The van der Waals surface area contributed by atoms with Gasteiger partial charge in [0, 0.05) is 18.0 Å². The van der Waals surface area contributed by atoms with E-state index in [2.05, 4.69) is 15.7 Å². The van der Waals surface area contributed by atoms with Gasteiger partial charge in [0.15, 0.2) is 0 Å². The number of aromatic nitrogens is 1. The monoisotopic (exact) mass is 256 g/mol. The van der Waals surface area contributed by atoms with Gasteiger partial charge in [-0.05, 0) is 29.6 Å². The van der Waals surface area contributed by atoms with Crippen LogP contribution in [0, 0.1) is 0 Å². The quantitative estimate of drug-likeness (QED) is 0.767. The van der Waals surface area contributed by atoms with E-state index in [1.807, 2.05) is 42.6 Å². The predicted molar refractivity (Wildman–Crippen MR) is 75.9 cm³/mol. The van der Waals surface area contributed by atoms with Crippen LogP contribution in [-0.2, 0) is 0 Å². The fraction of sp³-hybridized carbons (Fsp3) is 0.0714. The van der Waals surface area contributed by atoms with Gasteiger partial charge in [0.1, 0.15) is 5.75 Å². The molecule has 3 nitrogen and oxygen atoms in total. The summed E-state index contributed by atoms with van der Waals surface area (Å²) in [6.07, 6.45) is 1.82. The summed E-state index contributed by atoms with van der Waals surface area (Å²) in [5.41, 5.74) is 3.10. The van der Waals surface area contributed by atoms with Crippen molar-refractivity contribution in [3.05, 3.63) is 48.0 Å². The third-order valence-corrected chi connectivity index (χ3v) is 3.63. The number of hydrogen-bond acceptors (Lipinski definition) is 4. The Morgan fingerprint density at radius 1 is 1.22 bits per heavy atom. The van der Waals surface area contributed by atoms with Crippen LogP contribution in [0.15, 0.2) is 48.0 Å². The largest absolute Gasteiger partial charge is 0.497 e. The summed E-state index contributed by atoms with van der Waals surface area (Å²) in [6.45, 7) is 0. The number of thiophene rings is 1. The Morgan fingerprint density at radius 3 is 3.06 bits per heavy atom. The zero-order chi connectivity index (χ0) is 12.4. The number of methoxy groups -OCH3 is 1. The van der Waals surface area contributed by atoms with Gasteiger partial charge in [-0.3, -0.25) is 4.98 Å². The fourth-order valence-corrected chi connectivity index (χ4v) is 2.65. The van der Waals surface area contributed by atoms with Gasteiger partial charge < -0.3 is 10.1 Å². The van der Waals surface area contributed by atoms with E-state index in [9.17, 15) is 0 Å². The first-order chi connectivity index (χ1) is 8.86. The van der Waals surface area contributed by atoms with E-state index in [0.717, 1.165) is 22.6 Å². The predicted octanol–water partition coefficient (Wildman–Crippen LogP) is 4.05. The Balaban J connectivity index is 1.98. The van der Waals surface area contributed by atoms with Crippen molar-refractivity contribution in [1.29, 1.82) is 0 Å². The van der Waals surface area contributed by atoms with Crippen molar-refractivity contribution in [2.24, 2.45) is 0 Å². The second-order valence-electron chi connectivity index (χ2n) is 3.85. The molecule has 0 aliphatic heterocycles. The molecule has 1 aromatic carbocycles. The minimum absolute atomic E-state index is 0.844. The first-order valence-corrected chi connectivity index (χ1v) is 6.48. The van der Waals surface area contributed by atoms with Crippen molar-refractivity contribution >= 4 is 32.9 Å². The molecule has 3 rings (SSSR count). The van der Waals surface area contributed by atoms with Gasteiger partial charge in [0.2, 0.25) is 0 Å². The van der Waals surface area contributed by atoms with E-state index in [-0.39, 0.29) is 0 Å². The Bertz CT molecular complexity index is 678. The van der Waals surface area contributed by atoms with Crippen LogP contribution in [0.1, 0.15) is 0 Å². The summed E-state index contributed by atoms with van der Waals surface area (Å²) in [5, 5.41) is 5.45. The molecule has 0 aliphatic rings. The van der Waals surface area contributed by atoms with Gasteiger partial charge in [-0.15, -0.1) is 11.3 Å². The van der Waals surface area contributed by atoms with Gasteiger partial charge in [-0.2, -0.15) is 0 Å². The molecule has 0 atom stereocenters. The van der Waals surface area contributed by atoms with Crippen LogP contribution in [0.5, 0.6) is 5.75 Å². The van der Waals surface area contributed by atoms with Crippen molar-refractivity contribution in [3.63, 3.8) is 0 Å². The van der Waals surface area contributed by atoms with Crippen LogP contribution in [0.25, 0.3) is 10.2 Å². The van der Waals surface area contributed by atoms with Crippen LogP contribution in [0.4, 0.5) is 11.4 Å². The molecule has 0 fully saturated rings.